The van der Waals surface area contributed by atoms with E-state index in [0.29, 0.717) is 11.5 Å². The lowest BCUT2D eigenvalue weighted by Crippen LogP contribution is -2.18. The Kier molecular flexibility index (Phi) is 12.1. The van der Waals surface area contributed by atoms with Crippen LogP contribution >= 0.6 is 23.4 Å². The number of aliphatic carboxylic acids is 1. The average Bonchev–Trinajstić information content (AvgIpc) is 3.77. The molecule has 1 heterocycles. The lowest BCUT2D eigenvalue weighted by Gasteiger charge is -2.21. The molecule has 0 aliphatic heterocycles. The van der Waals surface area contributed by atoms with Crippen LogP contribution < -0.4 is 0 Å². The first-order valence-electron chi connectivity index (χ1n) is 15.4. The monoisotopic (exact) mass is 629 g/mol. The lowest BCUT2D eigenvalue weighted by molar-refractivity contribution is -0.138. The first-order chi connectivity index (χ1) is 21.1. The number of aryl methyl sites for hydroxylation is 2. The molecule has 1 aromatic heterocycles. The molecular formula is C38H44ClNO3S. The highest BCUT2D eigenvalue weighted by Crippen LogP contribution is 2.52. The van der Waals surface area contributed by atoms with E-state index in [9.17, 15) is 9.90 Å². The number of benzene rings is 2. The van der Waals surface area contributed by atoms with Crippen molar-refractivity contribution >= 4 is 47.6 Å². The van der Waals surface area contributed by atoms with E-state index in [-0.39, 0.29) is 5.41 Å². The van der Waals surface area contributed by atoms with E-state index < -0.39 is 11.6 Å². The predicted molar refractivity (Wildman–Crippen MR) is 187 cm³/mol. The molecule has 44 heavy (non-hydrogen) atoms. The third-order valence-electron chi connectivity index (χ3n) is 8.23. The van der Waals surface area contributed by atoms with Crippen LogP contribution in [0.4, 0.5) is 0 Å². The fraction of sp³-hybridized carbons (Fsp3) is 0.368. The molecular weight excluding hydrogens is 586 g/mol. The van der Waals surface area contributed by atoms with Gasteiger partial charge in [-0.1, -0.05) is 78.4 Å². The zero-order chi connectivity index (χ0) is 31.6. The number of halogens is 1. The standard InChI is InChI=1S/C30H30ClNO.C8H14O2S/c1-30(2,33)28-15-4-3-11-24(28)12-6-10-22-8-5-9-23(20-22)16-18-27-19-17-25-13-7-14-26(31)21-29(25)32-27;1-11-5-4-8(2-3-8)6-7(9)10/h3-5,7-9,11,14-21,33H,6,10,12-13H2,1-2H3;2-6H2,1H3,(H,9,10)/b18-16+;. The number of aromatic nitrogens is 1. The van der Waals surface area contributed by atoms with Crippen LogP contribution in [0.2, 0.25) is 0 Å². The van der Waals surface area contributed by atoms with E-state index in [1.54, 1.807) is 11.8 Å². The van der Waals surface area contributed by atoms with Gasteiger partial charge in [-0.2, -0.15) is 11.8 Å². The molecule has 4 nitrogen and oxygen atoms in total. The Morgan fingerprint density at radius 3 is 2.59 bits per heavy atom. The van der Waals surface area contributed by atoms with Gasteiger partial charge in [0.25, 0.3) is 0 Å². The van der Waals surface area contributed by atoms with Crippen molar-refractivity contribution in [3.8, 4) is 0 Å². The number of pyridine rings is 1. The lowest BCUT2D eigenvalue weighted by atomic mass is 9.90. The second-order valence-electron chi connectivity index (χ2n) is 12.4. The minimum absolute atomic E-state index is 0.203. The minimum Gasteiger partial charge on any atom is -0.481 e. The maximum atomic E-state index is 10.4. The molecule has 1 fully saturated rings. The van der Waals surface area contributed by atoms with Gasteiger partial charge in [0.15, 0.2) is 0 Å². The number of carboxylic acids is 1. The molecule has 0 amide bonds. The van der Waals surface area contributed by atoms with Crippen molar-refractivity contribution in [3.05, 3.63) is 117 Å². The smallest absolute Gasteiger partial charge is 0.303 e. The van der Waals surface area contributed by atoms with Crippen LogP contribution in [-0.2, 0) is 29.7 Å². The van der Waals surface area contributed by atoms with Crippen molar-refractivity contribution in [3.63, 3.8) is 0 Å². The Labute approximate surface area is 272 Å². The summed E-state index contributed by atoms with van der Waals surface area (Å²) in [5, 5.41) is 19.7. The minimum atomic E-state index is -0.817. The third kappa shape index (κ3) is 10.5. The molecule has 2 aliphatic rings. The summed E-state index contributed by atoms with van der Waals surface area (Å²) < 4.78 is 0. The summed E-state index contributed by atoms with van der Waals surface area (Å²) in [7, 11) is 0. The van der Waals surface area contributed by atoms with Gasteiger partial charge in [-0.25, -0.2) is 4.98 Å². The van der Waals surface area contributed by atoms with Gasteiger partial charge in [0, 0.05) is 5.03 Å². The fourth-order valence-electron chi connectivity index (χ4n) is 5.57. The molecule has 6 heteroatoms. The maximum absolute atomic E-state index is 10.4. The maximum Gasteiger partial charge on any atom is 0.303 e. The Balaban J connectivity index is 0.000000339. The molecule has 0 radical (unpaired) electrons. The second-order valence-corrected chi connectivity index (χ2v) is 13.8. The summed E-state index contributed by atoms with van der Waals surface area (Å²) in [5.41, 5.74) is 7.15. The summed E-state index contributed by atoms with van der Waals surface area (Å²) in [4.78, 5) is 15.2. The van der Waals surface area contributed by atoms with Gasteiger partial charge < -0.3 is 10.2 Å². The highest BCUT2D eigenvalue weighted by molar-refractivity contribution is 7.98. The molecule has 0 atom stereocenters. The number of aliphatic hydroxyl groups is 1. The van der Waals surface area contributed by atoms with Crippen molar-refractivity contribution in [2.75, 3.05) is 12.0 Å². The molecule has 3 aromatic rings. The quantitative estimate of drug-likeness (QED) is 0.209. The Morgan fingerprint density at radius 2 is 1.86 bits per heavy atom. The van der Waals surface area contributed by atoms with E-state index in [0.717, 1.165) is 73.2 Å². The molecule has 2 N–H and O–H groups in total. The predicted octanol–water partition coefficient (Wildman–Crippen LogP) is 9.34. The van der Waals surface area contributed by atoms with E-state index in [4.69, 9.17) is 21.7 Å². The van der Waals surface area contributed by atoms with E-state index in [2.05, 4.69) is 66.9 Å². The van der Waals surface area contributed by atoms with Gasteiger partial charge in [0.2, 0.25) is 0 Å². The highest BCUT2D eigenvalue weighted by Gasteiger charge is 2.43. The van der Waals surface area contributed by atoms with Gasteiger partial charge in [-0.15, -0.1) is 0 Å². The van der Waals surface area contributed by atoms with Gasteiger partial charge in [-0.05, 0) is 128 Å². The molecule has 1 saturated carbocycles. The first-order valence-corrected chi connectivity index (χ1v) is 17.2. The topological polar surface area (TPSA) is 70.4 Å². The van der Waals surface area contributed by atoms with E-state index in [1.807, 2.05) is 44.2 Å². The van der Waals surface area contributed by atoms with Crippen LogP contribution in [0.25, 0.3) is 18.2 Å². The molecule has 0 saturated heterocycles. The summed E-state index contributed by atoms with van der Waals surface area (Å²) in [6, 6.07) is 21.0. The number of rotatable bonds is 12. The van der Waals surface area contributed by atoms with Crippen molar-refractivity contribution in [1.82, 2.24) is 4.98 Å². The normalized spacial score (nSPS) is 15.2. The molecule has 2 aromatic carbocycles. The van der Waals surface area contributed by atoms with Gasteiger partial charge in [0.1, 0.15) is 0 Å². The van der Waals surface area contributed by atoms with Crippen LogP contribution in [0.15, 0.2) is 77.8 Å². The van der Waals surface area contributed by atoms with Gasteiger partial charge in [-0.3, -0.25) is 4.79 Å². The SMILES string of the molecule is CC(C)(O)c1ccccc1CCCc1cccc(/C=C/c2ccc3c(n2)C=C(Cl)C=CC3)c1.CSCCC1(CC(=O)O)CC1. The summed E-state index contributed by atoms with van der Waals surface area (Å²) in [5.74, 6) is 0.469. The average molecular weight is 630 g/mol. The Morgan fingerprint density at radius 1 is 1.07 bits per heavy atom. The molecule has 2 aliphatic carbocycles. The van der Waals surface area contributed by atoms with Crippen molar-refractivity contribution in [1.29, 1.82) is 0 Å². The van der Waals surface area contributed by atoms with Gasteiger partial charge in [0.05, 0.1) is 23.4 Å². The number of thioether (sulfide) groups is 1. The molecule has 232 valence electrons. The zero-order valence-corrected chi connectivity index (χ0v) is 27.6. The van der Waals surface area contributed by atoms with Crippen LogP contribution in [0.1, 0.15) is 85.2 Å². The number of hydrogen-bond acceptors (Lipinski definition) is 4. The van der Waals surface area contributed by atoms with Crippen molar-refractivity contribution < 1.29 is 15.0 Å². The van der Waals surface area contributed by atoms with Crippen molar-refractivity contribution in [2.24, 2.45) is 5.41 Å². The van der Waals surface area contributed by atoms with Crippen LogP contribution in [-0.4, -0.2) is 33.2 Å². The van der Waals surface area contributed by atoms with Crippen molar-refractivity contribution in [2.45, 2.75) is 70.8 Å². The molecule has 5 rings (SSSR count). The van der Waals surface area contributed by atoms with E-state index in [1.165, 1.54) is 16.7 Å². The molecule has 0 unspecified atom stereocenters. The highest BCUT2D eigenvalue weighted by atomic mass is 35.5. The Bertz CT molecular complexity index is 1510. The zero-order valence-electron chi connectivity index (χ0n) is 26.1. The summed E-state index contributed by atoms with van der Waals surface area (Å²) in [6.45, 7) is 3.70. The third-order valence-corrected chi connectivity index (χ3v) is 9.08. The molecule has 0 bridgehead atoms. The van der Waals surface area contributed by atoms with Crippen LogP contribution in [0.5, 0.6) is 0 Å². The number of allylic oxidation sites excluding steroid dienone is 3. The van der Waals surface area contributed by atoms with Gasteiger partial charge >= 0.3 is 5.97 Å². The molecule has 0 spiro atoms. The number of fused-ring (bicyclic) bond motifs is 1. The number of nitrogens with zero attached hydrogens (tertiary/aromatic N) is 1. The van der Waals surface area contributed by atoms with Crippen LogP contribution in [0, 0.1) is 5.41 Å². The number of carboxylic acid groups (broad SMARTS) is 1. The fourth-order valence-corrected chi connectivity index (χ4v) is 6.40. The summed E-state index contributed by atoms with van der Waals surface area (Å²) >= 11 is 8.01. The number of carbonyl (C=O) groups is 1. The largest absolute Gasteiger partial charge is 0.481 e. The second kappa shape index (κ2) is 15.7. The van der Waals surface area contributed by atoms with E-state index >= 15 is 0 Å². The summed E-state index contributed by atoms with van der Waals surface area (Å²) in [6.07, 6.45) is 19.7. The van der Waals surface area contributed by atoms with Crippen LogP contribution in [0.3, 0.4) is 0 Å². The first kappa shape index (κ1) is 33.8. The Hall–Kier alpha value is -3.12. The number of hydrogen-bond donors (Lipinski definition) is 2.